The number of benzene rings is 2. The van der Waals surface area contributed by atoms with E-state index >= 15 is 0 Å². The first-order valence-corrected chi connectivity index (χ1v) is 9.25. The highest BCUT2D eigenvalue weighted by Gasteiger charge is 2.22. The molecule has 0 radical (unpaired) electrons. The fourth-order valence-electron chi connectivity index (χ4n) is 3.23. The second kappa shape index (κ2) is 5.57. The molecule has 23 heavy (non-hydrogen) atoms. The van der Waals surface area contributed by atoms with Crippen molar-refractivity contribution in [2.24, 2.45) is 0 Å². The highest BCUT2D eigenvalue weighted by atomic mass is 32.2. The molecule has 0 bridgehead atoms. The lowest BCUT2D eigenvalue weighted by Crippen LogP contribution is -2.15. The third-order valence-corrected chi connectivity index (χ3v) is 5.58. The minimum absolute atomic E-state index is 0.312. The quantitative estimate of drug-likeness (QED) is 0.900. The lowest BCUT2D eigenvalue weighted by molar-refractivity contribution is 0.601. The monoisotopic (exact) mass is 330 g/mol. The molecule has 0 fully saturated rings. The van der Waals surface area contributed by atoms with Crippen molar-refractivity contribution in [3.05, 3.63) is 52.6 Å². The van der Waals surface area contributed by atoms with Crippen molar-refractivity contribution in [1.82, 2.24) is 0 Å². The van der Waals surface area contributed by atoms with E-state index in [1.54, 1.807) is 12.1 Å². The van der Waals surface area contributed by atoms with Gasteiger partial charge in [-0.15, -0.1) is 0 Å². The van der Waals surface area contributed by atoms with Crippen molar-refractivity contribution < 1.29 is 8.42 Å². The molecule has 1 heterocycles. The summed E-state index contributed by atoms with van der Waals surface area (Å²) in [4.78, 5) is 0.312. The molecule has 2 N–H and O–H groups in total. The van der Waals surface area contributed by atoms with Gasteiger partial charge in [-0.3, -0.25) is 4.72 Å². The molecule has 0 aromatic heterocycles. The minimum Gasteiger partial charge on any atom is -0.382 e. The predicted octanol–water partition coefficient (Wildman–Crippen LogP) is 3.77. The van der Waals surface area contributed by atoms with Gasteiger partial charge in [0.15, 0.2) is 0 Å². The standard InChI is InChI=1S/C18H22N2O2S/c1-11-7-12(2)18(13(3)8-11)20-23(21,22)16-5-6-17-15(10-16)9-14(4)19-17/h5-8,10,14,19-20H,9H2,1-4H3/t14-/m1/s1. The van der Waals surface area contributed by atoms with Crippen LogP contribution in [0.25, 0.3) is 0 Å². The van der Waals surface area contributed by atoms with E-state index in [9.17, 15) is 8.42 Å². The molecule has 0 unspecified atom stereocenters. The van der Waals surface area contributed by atoms with Crippen LogP contribution >= 0.6 is 0 Å². The molecular formula is C18H22N2O2S. The molecule has 1 aliphatic heterocycles. The molecule has 0 amide bonds. The second-order valence-electron chi connectivity index (χ2n) is 6.45. The summed E-state index contributed by atoms with van der Waals surface area (Å²) in [6, 6.07) is 9.59. The highest BCUT2D eigenvalue weighted by Crippen LogP contribution is 2.30. The van der Waals surface area contributed by atoms with E-state index in [1.807, 2.05) is 39.0 Å². The molecule has 1 atom stereocenters. The lowest BCUT2D eigenvalue weighted by Gasteiger charge is -2.15. The Bertz CT molecular complexity index is 850. The fourth-order valence-corrected chi connectivity index (χ4v) is 4.48. The summed E-state index contributed by atoms with van der Waals surface area (Å²) in [6.07, 6.45) is 0.848. The van der Waals surface area contributed by atoms with Gasteiger partial charge in [0.05, 0.1) is 10.6 Å². The summed E-state index contributed by atoms with van der Waals surface area (Å²) >= 11 is 0. The normalized spacial score (nSPS) is 16.8. The van der Waals surface area contributed by atoms with Gasteiger partial charge in [0.1, 0.15) is 0 Å². The summed E-state index contributed by atoms with van der Waals surface area (Å²) in [5.41, 5.74) is 5.74. The first-order chi connectivity index (χ1) is 10.8. The SMILES string of the molecule is Cc1cc(C)c(NS(=O)(=O)c2ccc3c(c2)C[C@@H](C)N3)c(C)c1. The van der Waals surface area contributed by atoms with Gasteiger partial charge in [-0.2, -0.15) is 0 Å². The third kappa shape index (κ3) is 3.06. The summed E-state index contributed by atoms with van der Waals surface area (Å²) in [5, 5.41) is 3.33. The van der Waals surface area contributed by atoms with E-state index in [4.69, 9.17) is 0 Å². The zero-order valence-corrected chi connectivity index (χ0v) is 14.7. The Kier molecular flexibility index (Phi) is 3.84. The largest absolute Gasteiger partial charge is 0.382 e. The van der Waals surface area contributed by atoms with Gasteiger partial charge in [-0.1, -0.05) is 17.7 Å². The zero-order valence-electron chi connectivity index (χ0n) is 13.9. The smallest absolute Gasteiger partial charge is 0.261 e. The highest BCUT2D eigenvalue weighted by molar-refractivity contribution is 7.92. The zero-order chi connectivity index (χ0) is 16.8. The molecular weight excluding hydrogens is 308 g/mol. The molecule has 0 spiro atoms. The molecule has 2 aromatic carbocycles. The molecule has 0 aliphatic carbocycles. The van der Waals surface area contributed by atoms with Crippen molar-refractivity contribution in [3.8, 4) is 0 Å². The third-order valence-electron chi connectivity index (χ3n) is 4.23. The molecule has 1 aliphatic rings. The molecule has 0 saturated heterocycles. The number of aryl methyl sites for hydroxylation is 3. The van der Waals surface area contributed by atoms with Crippen LogP contribution in [0.5, 0.6) is 0 Å². The maximum absolute atomic E-state index is 12.7. The summed E-state index contributed by atoms with van der Waals surface area (Å²) in [7, 11) is -3.59. The van der Waals surface area contributed by atoms with Crippen molar-refractivity contribution in [2.45, 2.75) is 45.1 Å². The average molecular weight is 330 g/mol. The van der Waals surface area contributed by atoms with E-state index in [0.29, 0.717) is 16.6 Å². The van der Waals surface area contributed by atoms with Crippen molar-refractivity contribution >= 4 is 21.4 Å². The minimum atomic E-state index is -3.59. The number of rotatable bonds is 3. The van der Waals surface area contributed by atoms with Gasteiger partial charge in [0.2, 0.25) is 0 Å². The molecule has 0 saturated carbocycles. The Morgan fingerprint density at radius 3 is 2.39 bits per heavy atom. The molecule has 3 rings (SSSR count). The number of hydrogen-bond donors (Lipinski definition) is 2. The number of nitrogens with one attached hydrogen (secondary N) is 2. The molecule has 2 aromatic rings. The van der Waals surface area contributed by atoms with Gasteiger partial charge in [0, 0.05) is 11.7 Å². The van der Waals surface area contributed by atoms with Crippen LogP contribution < -0.4 is 10.0 Å². The van der Waals surface area contributed by atoms with Crippen molar-refractivity contribution in [2.75, 3.05) is 10.0 Å². The van der Waals surface area contributed by atoms with Crippen LogP contribution in [0, 0.1) is 20.8 Å². The average Bonchev–Trinajstić information content (AvgIpc) is 2.82. The first-order valence-electron chi connectivity index (χ1n) is 7.76. The van der Waals surface area contributed by atoms with E-state index in [-0.39, 0.29) is 0 Å². The molecule has 122 valence electrons. The topological polar surface area (TPSA) is 58.2 Å². The van der Waals surface area contributed by atoms with Gasteiger partial charge in [0.25, 0.3) is 10.0 Å². The maximum Gasteiger partial charge on any atom is 0.261 e. The van der Waals surface area contributed by atoms with E-state index in [0.717, 1.165) is 34.4 Å². The van der Waals surface area contributed by atoms with Gasteiger partial charge >= 0.3 is 0 Å². The van der Waals surface area contributed by atoms with Gasteiger partial charge in [-0.05, 0) is 69.0 Å². The van der Waals surface area contributed by atoms with Crippen LogP contribution in [-0.2, 0) is 16.4 Å². The number of anilines is 2. The Hall–Kier alpha value is -2.01. The number of sulfonamides is 1. The van der Waals surface area contributed by atoms with Crippen LogP contribution in [0.4, 0.5) is 11.4 Å². The molecule has 4 nitrogen and oxygen atoms in total. The van der Waals surface area contributed by atoms with Crippen molar-refractivity contribution in [3.63, 3.8) is 0 Å². The summed E-state index contributed by atoms with van der Waals surface area (Å²) in [5.74, 6) is 0. The summed E-state index contributed by atoms with van der Waals surface area (Å²) in [6.45, 7) is 7.94. The van der Waals surface area contributed by atoms with E-state index in [2.05, 4.69) is 17.0 Å². The molecule has 5 heteroatoms. The Balaban J connectivity index is 1.96. The number of fused-ring (bicyclic) bond motifs is 1. The van der Waals surface area contributed by atoms with Crippen LogP contribution in [0.2, 0.25) is 0 Å². The fraction of sp³-hybridized carbons (Fsp3) is 0.333. The Morgan fingerprint density at radius 2 is 1.74 bits per heavy atom. The predicted molar refractivity (Wildman–Crippen MR) is 94.7 cm³/mol. The summed E-state index contributed by atoms with van der Waals surface area (Å²) < 4.78 is 28.2. The first kappa shape index (κ1) is 15.9. The van der Waals surface area contributed by atoms with Crippen LogP contribution in [-0.4, -0.2) is 14.5 Å². The second-order valence-corrected chi connectivity index (χ2v) is 8.13. The van der Waals surface area contributed by atoms with E-state index < -0.39 is 10.0 Å². The van der Waals surface area contributed by atoms with Crippen LogP contribution in [0.15, 0.2) is 35.2 Å². The van der Waals surface area contributed by atoms with Gasteiger partial charge < -0.3 is 5.32 Å². The maximum atomic E-state index is 12.7. The lowest BCUT2D eigenvalue weighted by atomic mass is 10.1. The van der Waals surface area contributed by atoms with E-state index in [1.165, 1.54) is 0 Å². The van der Waals surface area contributed by atoms with Gasteiger partial charge in [-0.25, -0.2) is 8.42 Å². The Labute approximate surface area is 138 Å². The van der Waals surface area contributed by atoms with Crippen LogP contribution in [0.1, 0.15) is 29.2 Å². The number of hydrogen-bond acceptors (Lipinski definition) is 3. The Morgan fingerprint density at radius 1 is 1.09 bits per heavy atom. The van der Waals surface area contributed by atoms with Crippen molar-refractivity contribution in [1.29, 1.82) is 0 Å². The van der Waals surface area contributed by atoms with Crippen LogP contribution in [0.3, 0.4) is 0 Å².